The molecule has 1 aromatic heterocycles. The molecule has 7 nitrogen and oxygen atoms in total. The van der Waals surface area contributed by atoms with Gasteiger partial charge in [-0.2, -0.15) is 0 Å². The van der Waals surface area contributed by atoms with Crippen LogP contribution in [0.1, 0.15) is 17.2 Å². The zero-order chi connectivity index (χ0) is 21.1. The van der Waals surface area contributed by atoms with Crippen molar-refractivity contribution in [3.8, 4) is 5.75 Å². The highest BCUT2D eigenvalue weighted by Gasteiger charge is 2.46. The molecule has 0 saturated carbocycles. The van der Waals surface area contributed by atoms with Gasteiger partial charge in [0.2, 0.25) is 0 Å². The van der Waals surface area contributed by atoms with Crippen LogP contribution in [0.3, 0.4) is 0 Å². The van der Waals surface area contributed by atoms with Crippen molar-refractivity contribution in [3.05, 3.63) is 65.2 Å². The van der Waals surface area contributed by atoms with E-state index in [9.17, 15) is 19.1 Å². The van der Waals surface area contributed by atoms with Crippen molar-refractivity contribution < 1.29 is 23.8 Å². The number of amides is 1. The zero-order valence-corrected chi connectivity index (χ0v) is 16.4. The highest BCUT2D eigenvalue weighted by molar-refractivity contribution is 6.46. The minimum Gasteiger partial charge on any atom is -0.507 e. The van der Waals surface area contributed by atoms with E-state index in [0.29, 0.717) is 12.1 Å². The second-order valence-corrected chi connectivity index (χ2v) is 6.93. The first-order valence-electron chi connectivity index (χ1n) is 9.02. The van der Waals surface area contributed by atoms with Gasteiger partial charge >= 0.3 is 0 Å². The monoisotopic (exact) mass is 399 g/mol. The van der Waals surface area contributed by atoms with Crippen molar-refractivity contribution in [1.29, 1.82) is 0 Å². The Morgan fingerprint density at radius 1 is 1.31 bits per heavy atom. The Balaban J connectivity index is 2.13. The van der Waals surface area contributed by atoms with Crippen molar-refractivity contribution in [2.24, 2.45) is 0 Å². The maximum atomic E-state index is 14.1. The van der Waals surface area contributed by atoms with Crippen LogP contribution in [0.15, 0.2) is 48.3 Å². The van der Waals surface area contributed by atoms with Crippen molar-refractivity contribution in [2.75, 3.05) is 34.3 Å². The molecule has 1 N–H and O–H groups in total. The van der Waals surface area contributed by atoms with E-state index in [1.165, 1.54) is 24.1 Å². The minimum atomic E-state index is -0.814. The SMILES string of the molecule is COc1ccc(C(O)=C2C(=O)C(=O)N(CCN(C)C)[C@H]2c2cccnc2)cc1F. The number of Topliss-reactive ketones (excluding diaryl/α,β-unsaturated/α-hetero) is 1. The van der Waals surface area contributed by atoms with Gasteiger partial charge in [-0.25, -0.2) is 4.39 Å². The topological polar surface area (TPSA) is 83.0 Å². The molecule has 1 amide bonds. The lowest BCUT2D eigenvalue weighted by Crippen LogP contribution is -2.35. The van der Waals surface area contributed by atoms with Crippen LogP contribution in [0.25, 0.3) is 5.76 Å². The summed E-state index contributed by atoms with van der Waals surface area (Å²) in [5.74, 6) is -2.64. The van der Waals surface area contributed by atoms with Crippen LogP contribution in [0.5, 0.6) is 5.75 Å². The molecular formula is C21H22FN3O4. The highest BCUT2D eigenvalue weighted by atomic mass is 19.1. The predicted octanol–water partition coefficient (Wildman–Crippen LogP) is 2.21. The molecule has 1 aliphatic rings. The summed E-state index contributed by atoms with van der Waals surface area (Å²) in [6.07, 6.45) is 3.12. The second kappa shape index (κ2) is 8.40. The molecule has 0 bridgehead atoms. The maximum absolute atomic E-state index is 14.1. The van der Waals surface area contributed by atoms with Gasteiger partial charge < -0.3 is 19.6 Å². The van der Waals surface area contributed by atoms with E-state index in [-0.39, 0.29) is 23.4 Å². The number of aliphatic hydroxyl groups excluding tert-OH is 1. The van der Waals surface area contributed by atoms with Crippen molar-refractivity contribution in [1.82, 2.24) is 14.8 Å². The van der Waals surface area contributed by atoms with E-state index >= 15 is 0 Å². The van der Waals surface area contributed by atoms with Crippen molar-refractivity contribution >= 4 is 17.4 Å². The Kier molecular flexibility index (Phi) is 5.93. The summed E-state index contributed by atoms with van der Waals surface area (Å²) >= 11 is 0. The Morgan fingerprint density at radius 2 is 2.07 bits per heavy atom. The summed E-state index contributed by atoms with van der Waals surface area (Å²) in [5.41, 5.74) is 0.579. The number of carbonyl (C=O) groups is 2. The fourth-order valence-electron chi connectivity index (χ4n) is 3.27. The molecule has 1 fully saturated rings. The fourth-order valence-corrected chi connectivity index (χ4v) is 3.27. The van der Waals surface area contributed by atoms with Gasteiger partial charge in [0.15, 0.2) is 11.6 Å². The number of aliphatic hydroxyl groups is 1. The molecule has 2 aromatic rings. The van der Waals surface area contributed by atoms with Gasteiger partial charge in [0.1, 0.15) is 5.76 Å². The van der Waals surface area contributed by atoms with Crippen molar-refractivity contribution in [3.63, 3.8) is 0 Å². The number of methoxy groups -OCH3 is 1. The molecule has 1 aliphatic heterocycles. The second-order valence-electron chi connectivity index (χ2n) is 6.93. The Hall–Kier alpha value is -3.26. The minimum absolute atomic E-state index is 0.0109. The summed E-state index contributed by atoms with van der Waals surface area (Å²) in [4.78, 5) is 32.9. The molecule has 3 rings (SSSR count). The molecule has 0 radical (unpaired) electrons. The number of hydrogen-bond donors (Lipinski definition) is 1. The smallest absolute Gasteiger partial charge is 0.295 e. The van der Waals surface area contributed by atoms with Gasteiger partial charge in [0.25, 0.3) is 11.7 Å². The van der Waals surface area contributed by atoms with Crippen LogP contribution in [0, 0.1) is 5.82 Å². The third-order valence-corrected chi connectivity index (χ3v) is 4.75. The number of benzene rings is 1. The quantitative estimate of drug-likeness (QED) is 0.456. The number of pyridine rings is 1. The van der Waals surface area contributed by atoms with Crippen LogP contribution in [-0.4, -0.2) is 65.9 Å². The molecule has 152 valence electrons. The average molecular weight is 399 g/mol. The normalized spacial score (nSPS) is 18.5. The largest absolute Gasteiger partial charge is 0.507 e. The molecule has 2 heterocycles. The number of likely N-dealkylation sites (tertiary alicyclic amines) is 1. The number of carbonyl (C=O) groups excluding carboxylic acids is 2. The number of ether oxygens (including phenoxy) is 1. The number of likely N-dealkylation sites (N-methyl/N-ethyl adjacent to an activating group) is 1. The molecule has 1 saturated heterocycles. The zero-order valence-electron chi connectivity index (χ0n) is 16.4. The highest BCUT2D eigenvalue weighted by Crippen LogP contribution is 2.39. The molecular weight excluding hydrogens is 377 g/mol. The number of aromatic nitrogens is 1. The Morgan fingerprint density at radius 3 is 2.66 bits per heavy atom. The maximum Gasteiger partial charge on any atom is 0.295 e. The van der Waals surface area contributed by atoms with E-state index < -0.39 is 29.3 Å². The number of nitrogens with zero attached hydrogens (tertiary/aromatic N) is 3. The van der Waals surface area contributed by atoms with Gasteiger partial charge in [-0.15, -0.1) is 0 Å². The van der Waals surface area contributed by atoms with E-state index in [1.54, 1.807) is 24.5 Å². The molecule has 0 unspecified atom stereocenters. The molecule has 1 atom stereocenters. The van der Waals surface area contributed by atoms with Gasteiger partial charge in [-0.05, 0) is 43.9 Å². The first-order valence-corrected chi connectivity index (χ1v) is 9.02. The molecule has 1 aromatic carbocycles. The van der Waals surface area contributed by atoms with Crippen LogP contribution < -0.4 is 4.74 Å². The third kappa shape index (κ3) is 3.97. The summed E-state index contributed by atoms with van der Waals surface area (Å²) in [5, 5.41) is 10.9. The molecule has 0 spiro atoms. The third-order valence-electron chi connectivity index (χ3n) is 4.75. The summed E-state index contributed by atoms with van der Waals surface area (Å²) in [7, 11) is 5.04. The molecule has 29 heavy (non-hydrogen) atoms. The lowest BCUT2D eigenvalue weighted by molar-refractivity contribution is -0.140. The van der Waals surface area contributed by atoms with Crippen LogP contribution in [0.4, 0.5) is 4.39 Å². The lowest BCUT2D eigenvalue weighted by atomic mass is 9.96. The Labute approximate surface area is 168 Å². The van der Waals surface area contributed by atoms with Crippen molar-refractivity contribution in [2.45, 2.75) is 6.04 Å². The van der Waals surface area contributed by atoms with E-state index in [1.807, 2.05) is 19.0 Å². The number of rotatable bonds is 6. The fraction of sp³-hybridized carbons (Fsp3) is 0.286. The summed E-state index contributed by atoms with van der Waals surface area (Å²) < 4.78 is 19.0. The lowest BCUT2D eigenvalue weighted by Gasteiger charge is -2.26. The van der Waals surface area contributed by atoms with Gasteiger partial charge in [-0.3, -0.25) is 14.6 Å². The van der Waals surface area contributed by atoms with Crippen LogP contribution >= 0.6 is 0 Å². The average Bonchev–Trinajstić information content (AvgIpc) is 2.97. The molecule has 8 heteroatoms. The first-order chi connectivity index (χ1) is 13.8. The van der Waals surface area contributed by atoms with Gasteiger partial charge in [0, 0.05) is 31.0 Å². The summed E-state index contributed by atoms with van der Waals surface area (Å²) in [6.45, 7) is 0.811. The number of halogens is 1. The van der Waals surface area contributed by atoms with E-state index in [2.05, 4.69) is 4.98 Å². The van der Waals surface area contributed by atoms with Crippen LogP contribution in [0.2, 0.25) is 0 Å². The van der Waals surface area contributed by atoms with Gasteiger partial charge in [-0.1, -0.05) is 6.07 Å². The molecule has 0 aliphatic carbocycles. The van der Waals surface area contributed by atoms with Crippen LogP contribution in [-0.2, 0) is 9.59 Å². The van der Waals surface area contributed by atoms with Gasteiger partial charge in [0.05, 0.1) is 18.7 Å². The first kappa shape index (κ1) is 20.5. The predicted molar refractivity (Wildman–Crippen MR) is 105 cm³/mol. The van der Waals surface area contributed by atoms with E-state index in [0.717, 1.165) is 6.07 Å². The van der Waals surface area contributed by atoms with E-state index in [4.69, 9.17) is 4.74 Å². The Bertz CT molecular complexity index is 960. The standard InChI is InChI=1S/C21H22FN3O4/c1-24(2)9-10-25-18(14-5-4-8-23-12-14)17(20(27)21(25)28)19(26)13-6-7-16(29-3)15(22)11-13/h4-8,11-12,18,26H,9-10H2,1-3H3/t18-/m0/s1. The number of hydrogen-bond acceptors (Lipinski definition) is 6. The number of ketones is 1. The summed E-state index contributed by atoms with van der Waals surface area (Å²) in [6, 6.07) is 6.47.